The van der Waals surface area contributed by atoms with Crippen molar-refractivity contribution >= 4 is 31.3 Å². The second kappa shape index (κ2) is 8.63. The van der Waals surface area contributed by atoms with Crippen LogP contribution in [0, 0.1) is 6.92 Å². The lowest BCUT2D eigenvalue weighted by atomic mass is 10.0. The van der Waals surface area contributed by atoms with E-state index in [1.165, 1.54) is 0 Å². The fourth-order valence-electron chi connectivity index (χ4n) is 2.53. The Hall–Kier alpha value is -1.39. The van der Waals surface area contributed by atoms with E-state index in [1.807, 2.05) is 49.4 Å². The Kier molecular flexibility index (Phi) is 6.81. The van der Waals surface area contributed by atoms with Crippen LogP contribution in [-0.4, -0.2) is 8.42 Å². The van der Waals surface area contributed by atoms with Crippen molar-refractivity contribution < 1.29 is 8.42 Å². The number of benzene rings is 2. The zero-order valence-corrected chi connectivity index (χ0v) is 16.5. The minimum Gasteiger partial charge on any atom is -0.218 e. The van der Waals surface area contributed by atoms with E-state index in [0.717, 1.165) is 42.4 Å². The predicted octanol–water partition coefficient (Wildman–Crippen LogP) is 6.11. The van der Waals surface area contributed by atoms with Crippen LogP contribution in [0.4, 0.5) is 0 Å². The standard InChI is InChI=1S/C20H23BrO2S/c1-3-4-6-11-19(17-9-7-5-8-10-17)20(21)24(22,23)18-14-12-16(2)13-15-18/h5,7-10,12-15H,3-4,6,11H2,1-2H3/b20-19+. The molecule has 0 atom stereocenters. The second-order valence-corrected chi connectivity index (χ2v) is 9.10. The summed E-state index contributed by atoms with van der Waals surface area (Å²) in [5.74, 6) is 0. The van der Waals surface area contributed by atoms with Crippen LogP contribution in [0.15, 0.2) is 63.3 Å². The topological polar surface area (TPSA) is 34.1 Å². The summed E-state index contributed by atoms with van der Waals surface area (Å²) in [6, 6.07) is 16.7. The second-order valence-electron chi connectivity index (χ2n) is 5.89. The van der Waals surface area contributed by atoms with Gasteiger partial charge in [-0.25, -0.2) is 8.42 Å². The van der Waals surface area contributed by atoms with Crippen LogP contribution in [-0.2, 0) is 9.84 Å². The number of halogens is 1. The van der Waals surface area contributed by atoms with Gasteiger partial charge in [-0.05, 0) is 59.0 Å². The lowest BCUT2D eigenvalue weighted by Gasteiger charge is -2.13. The molecule has 0 saturated heterocycles. The summed E-state index contributed by atoms with van der Waals surface area (Å²) in [7, 11) is -3.54. The Morgan fingerprint density at radius 3 is 2.17 bits per heavy atom. The molecule has 0 saturated carbocycles. The molecule has 0 aromatic heterocycles. The van der Waals surface area contributed by atoms with Gasteiger partial charge in [-0.3, -0.25) is 0 Å². The molecule has 128 valence electrons. The van der Waals surface area contributed by atoms with E-state index in [9.17, 15) is 8.42 Å². The zero-order chi connectivity index (χ0) is 17.6. The van der Waals surface area contributed by atoms with E-state index < -0.39 is 9.84 Å². The predicted molar refractivity (Wildman–Crippen MR) is 105 cm³/mol. The van der Waals surface area contributed by atoms with Crippen LogP contribution in [0.2, 0.25) is 0 Å². The SMILES string of the molecule is CCCCC/C(=C(/Br)S(=O)(=O)c1ccc(C)cc1)c1ccccc1. The summed E-state index contributed by atoms with van der Waals surface area (Å²) in [5, 5.41) is 0. The average molecular weight is 407 g/mol. The molecule has 4 heteroatoms. The van der Waals surface area contributed by atoms with Crippen LogP contribution >= 0.6 is 15.9 Å². The van der Waals surface area contributed by atoms with Crippen LogP contribution in [0.25, 0.3) is 5.57 Å². The van der Waals surface area contributed by atoms with Crippen molar-refractivity contribution in [1.29, 1.82) is 0 Å². The fourth-order valence-corrected chi connectivity index (χ4v) is 4.76. The molecule has 0 spiro atoms. The molecule has 2 aromatic carbocycles. The van der Waals surface area contributed by atoms with Crippen molar-refractivity contribution in [2.45, 2.75) is 44.4 Å². The molecular weight excluding hydrogens is 384 g/mol. The fraction of sp³-hybridized carbons (Fsp3) is 0.300. The van der Waals surface area contributed by atoms with E-state index in [-0.39, 0.29) is 3.81 Å². The lowest BCUT2D eigenvalue weighted by molar-refractivity contribution is 0.604. The summed E-state index contributed by atoms with van der Waals surface area (Å²) >= 11 is 3.40. The van der Waals surface area contributed by atoms with Crippen LogP contribution < -0.4 is 0 Å². The summed E-state index contributed by atoms with van der Waals surface area (Å²) < 4.78 is 26.3. The third kappa shape index (κ3) is 4.58. The maximum absolute atomic E-state index is 13.0. The molecule has 0 heterocycles. The van der Waals surface area contributed by atoms with Crippen molar-refractivity contribution in [1.82, 2.24) is 0 Å². The van der Waals surface area contributed by atoms with Gasteiger partial charge in [0.15, 0.2) is 0 Å². The molecule has 0 unspecified atom stereocenters. The first-order valence-corrected chi connectivity index (χ1v) is 10.5. The number of aryl methyl sites for hydroxylation is 1. The number of allylic oxidation sites excluding steroid dienone is 1. The third-order valence-electron chi connectivity index (χ3n) is 3.96. The van der Waals surface area contributed by atoms with Crippen LogP contribution in [0.5, 0.6) is 0 Å². The van der Waals surface area contributed by atoms with Gasteiger partial charge in [-0.2, -0.15) is 0 Å². The smallest absolute Gasteiger partial charge is 0.213 e. The first-order valence-electron chi connectivity index (χ1n) is 8.22. The van der Waals surface area contributed by atoms with Gasteiger partial charge in [0.25, 0.3) is 0 Å². The van der Waals surface area contributed by atoms with E-state index in [0.29, 0.717) is 4.90 Å². The van der Waals surface area contributed by atoms with Crippen LogP contribution in [0.3, 0.4) is 0 Å². The molecule has 2 rings (SSSR count). The van der Waals surface area contributed by atoms with Crippen molar-refractivity contribution in [2.75, 3.05) is 0 Å². The highest BCUT2D eigenvalue weighted by atomic mass is 79.9. The van der Waals surface area contributed by atoms with Gasteiger partial charge in [-0.15, -0.1) is 0 Å². The lowest BCUT2D eigenvalue weighted by Crippen LogP contribution is -2.04. The summed E-state index contributed by atoms with van der Waals surface area (Å²) in [6.07, 6.45) is 3.90. The minimum atomic E-state index is -3.54. The van der Waals surface area contributed by atoms with Gasteiger partial charge >= 0.3 is 0 Å². The normalized spacial score (nSPS) is 12.8. The first kappa shape index (κ1) is 18.9. The van der Waals surface area contributed by atoms with Gasteiger partial charge in [-0.1, -0.05) is 67.8 Å². The van der Waals surface area contributed by atoms with Crippen LogP contribution in [0.1, 0.15) is 43.7 Å². The molecule has 0 bridgehead atoms. The Morgan fingerprint density at radius 2 is 1.58 bits per heavy atom. The van der Waals surface area contributed by atoms with E-state index >= 15 is 0 Å². The summed E-state index contributed by atoms with van der Waals surface area (Å²) in [4.78, 5) is 0.323. The molecule has 2 nitrogen and oxygen atoms in total. The number of rotatable bonds is 7. The monoisotopic (exact) mass is 406 g/mol. The maximum atomic E-state index is 13.0. The highest BCUT2D eigenvalue weighted by molar-refractivity contribution is 9.13. The Morgan fingerprint density at radius 1 is 0.958 bits per heavy atom. The number of sulfone groups is 1. The Labute approximate surface area is 153 Å². The molecule has 2 aromatic rings. The number of hydrogen-bond acceptors (Lipinski definition) is 2. The molecule has 0 aliphatic carbocycles. The number of hydrogen-bond donors (Lipinski definition) is 0. The summed E-state index contributed by atoms with van der Waals surface area (Å²) in [5.41, 5.74) is 2.85. The van der Waals surface area contributed by atoms with E-state index in [2.05, 4.69) is 22.9 Å². The minimum absolute atomic E-state index is 0.279. The molecule has 0 N–H and O–H groups in total. The molecular formula is C20H23BrO2S. The van der Waals surface area contributed by atoms with Crippen molar-refractivity contribution in [3.05, 3.63) is 69.5 Å². The van der Waals surface area contributed by atoms with Gasteiger partial charge in [0, 0.05) is 0 Å². The molecule has 0 aliphatic heterocycles. The largest absolute Gasteiger partial charge is 0.218 e. The van der Waals surface area contributed by atoms with E-state index in [4.69, 9.17) is 0 Å². The van der Waals surface area contributed by atoms with Gasteiger partial charge in [0.1, 0.15) is 3.81 Å². The molecule has 0 radical (unpaired) electrons. The highest BCUT2D eigenvalue weighted by Crippen LogP contribution is 2.34. The quantitative estimate of drug-likeness (QED) is 0.519. The molecule has 24 heavy (non-hydrogen) atoms. The average Bonchev–Trinajstić information content (AvgIpc) is 2.59. The zero-order valence-electron chi connectivity index (χ0n) is 14.1. The van der Waals surface area contributed by atoms with Crippen molar-refractivity contribution in [3.8, 4) is 0 Å². The molecule has 0 aliphatic rings. The van der Waals surface area contributed by atoms with Crippen molar-refractivity contribution in [2.24, 2.45) is 0 Å². The van der Waals surface area contributed by atoms with Gasteiger partial charge < -0.3 is 0 Å². The third-order valence-corrected chi connectivity index (χ3v) is 7.33. The Bertz CT molecular complexity index is 791. The Balaban J connectivity index is 2.49. The first-order chi connectivity index (χ1) is 11.5. The van der Waals surface area contributed by atoms with Gasteiger partial charge in [0.2, 0.25) is 9.84 Å². The highest BCUT2D eigenvalue weighted by Gasteiger charge is 2.23. The number of unbranched alkanes of at least 4 members (excludes halogenated alkanes) is 2. The van der Waals surface area contributed by atoms with Crippen molar-refractivity contribution in [3.63, 3.8) is 0 Å². The molecule has 0 amide bonds. The molecule has 0 fully saturated rings. The van der Waals surface area contributed by atoms with Gasteiger partial charge in [0.05, 0.1) is 4.90 Å². The summed E-state index contributed by atoms with van der Waals surface area (Å²) in [6.45, 7) is 4.09. The van der Waals surface area contributed by atoms with E-state index in [1.54, 1.807) is 12.1 Å². The maximum Gasteiger partial charge on any atom is 0.213 e.